The highest BCUT2D eigenvalue weighted by Crippen LogP contribution is 2.45. The minimum absolute atomic E-state index is 0.405. The van der Waals surface area contributed by atoms with Gasteiger partial charge in [0.2, 0.25) is 0 Å². The number of aromatic nitrogens is 3. The Hall–Kier alpha value is -0.900. The third-order valence-electron chi connectivity index (χ3n) is 5.40. The molecule has 4 heteroatoms. The van der Waals surface area contributed by atoms with Crippen LogP contribution in [-0.2, 0) is 6.54 Å². The summed E-state index contributed by atoms with van der Waals surface area (Å²) in [6.45, 7) is 4.90. The quantitative estimate of drug-likeness (QED) is 0.920. The lowest BCUT2D eigenvalue weighted by Crippen LogP contribution is -2.28. The SMILES string of the molecule is CC(C)n1c(CN)nnc1C1CCC2CCCCC2C1. The van der Waals surface area contributed by atoms with Crippen molar-refractivity contribution in [2.24, 2.45) is 17.6 Å². The zero-order valence-corrected chi connectivity index (χ0v) is 12.9. The second kappa shape index (κ2) is 5.84. The van der Waals surface area contributed by atoms with Crippen LogP contribution in [0.15, 0.2) is 0 Å². The fraction of sp³-hybridized carbons (Fsp3) is 0.875. The van der Waals surface area contributed by atoms with Gasteiger partial charge in [-0.2, -0.15) is 0 Å². The number of hydrogen-bond acceptors (Lipinski definition) is 3. The van der Waals surface area contributed by atoms with Gasteiger partial charge in [-0.15, -0.1) is 10.2 Å². The van der Waals surface area contributed by atoms with E-state index in [4.69, 9.17) is 5.73 Å². The van der Waals surface area contributed by atoms with E-state index in [0.717, 1.165) is 17.7 Å². The first kappa shape index (κ1) is 14.1. The van der Waals surface area contributed by atoms with Crippen LogP contribution in [0.3, 0.4) is 0 Å². The molecule has 4 nitrogen and oxygen atoms in total. The topological polar surface area (TPSA) is 56.7 Å². The Balaban J connectivity index is 1.81. The van der Waals surface area contributed by atoms with E-state index in [1.54, 1.807) is 0 Å². The maximum atomic E-state index is 5.81. The lowest BCUT2D eigenvalue weighted by molar-refractivity contribution is 0.151. The van der Waals surface area contributed by atoms with Crippen molar-refractivity contribution >= 4 is 0 Å². The molecule has 0 bridgehead atoms. The monoisotopic (exact) mass is 276 g/mol. The number of hydrogen-bond donors (Lipinski definition) is 1. The first-order valence-corrected chi connectivity index (χ1v) is 8.34. The molecule has 2 N–H and O–H groups in total. The van der Waals surface area contributed by atoms with Crippen LogP contribution in [0.5, 0.6) is 0 Å². The van der Waals surface area contributed by atoms with Gasteiger partial charge in [0, 0.05) is 12.0 Å². The van der Waals surface area contributed by atoms with Crippen LogP contribution in [0.25, 0.3) is 0 Å². The predicted molar refractivity (Wildman–Crippen MR) is 80.3 cm³/mol. The average molecular weight is 276 g/mol. The van der Waals surface area contributed by atoms with Gasteiger partial charge in [0.1, 0.15) is 11.6 Å². The highest BCUT2D eigenvalue weighted by molar-refractivity contribution is 5.06. The van der Waals surface area contributed by atoms with Gasteiger partial charge in [-0.1, -0.05) is 25.7 Å². The van der Waals surface area contributed by atoms with Gasteiger partial charge in [0.25, 0.3) is 0 Å². The van der Waals surface area contributed by atoms with E-state index >= 15 is 0 Å². The molecule has 2 aliphatic rings. The first-order valence-electron chi connectivity index (χ1n) is 8.34. The van der Waals surface area contributed by atoms with Crippen molar-refractivity contribution in [2.45, 2.75) is 77.3 Å². The molecule has 0 aliphatic heterocycles. The maximum absolute atomic E-state index is 5.81. The summed E-state index contributed by atoms with van der Waals surface area (Å²) in [5.41, 5.74) is 5.81. The highest BCUT2D eigenvalue weighted by Gasteiger charge is 2.35. The summed E-state index contributed by atoms with van der Waals surface area (Å²) >= 11 is 0. The minimum atomic E-state index is 0.405. The highest BCUT2D eigenvalue weighted by atomic mass is 15.3. The summed E-state index contributed by atoms with van der Waals surface area (Å²) < 4.78 is 2.29. The molecule has 0 spiro atoms. The Morgan fingerprint density at radius 3 is 2.55 bits per heavy atom. The molecule has 112 valence electrons. The van der Waals surface area contributed by atoms with E-state index < -0.39 is 0 Å². The first-order chi connectivity index (χ1) is 9.70. The molecule has 1 aromatic heterocycles. The van der Waals surface area contributed by atoms with Gasteiger partial charge < -0.3 is 10.3 Å². The standard InChI is InChI=1S/C16H28N4/c1-11(2)20-15(10-17)18-19-16(20)14-8-7-12-5-3-4-6-13(12)9-14/h11-14H,3-10,17H2,1-2H3. The summed E-state index contributed by atoms with van der Waals surface area (Å²) in [5, 5.41) is 8.83. The molecular formula is C16H28N4. The summed E-state index contributed by atoms with van der Waals surface area (Å²) in [7, 11) is 0. The number of nitrogens with zero attached hydrogens (tertiary/aromatic N) is 3. The Bertz CT molecular complexity index is 451. The molecule has 3 unspecified atom stereocenters. The largest absolute Gasteiger partial charge is 0.324 e. The van der Waals surface area contributed by atoms with E-state index in [0.29, 0.717) is 18.5 Å². The Kier molecular flexibility index (Phi) is 4.11. The van der Waals surface area contributed by atoms with Crippen molar-refractivity contribution in [3.8, 4) is 0 Å². The van der Waals surface area contributed by atoms with E-state index in [9.17, 15) is 0 Å². The summed E-state index contributed by atoms with van der Waals surface area (Å²) in [6, 6.07) is 0.405. The fourth-order valence-electron chi connectivity index (χ4n) is 4.43. The van der Waals surface area contributed by atoms with Gasteiger partial charge in [-0.3, -0.25) is 0 Å². The van der Waals surface area contributed by atoms with Crippen molar-refractivity contribution in [1.29, 1.82) is 0 Å². The van der Waals surface area contributed by atoms with Crippen LogP contribution >= 0.6 is 0 Å². The normalized spacial score (nSPS) is 30.5. The number of nitrogens with two attached hydrogens (primary N) is 1. The van der Waals surface area contributed by atoms with Crippen molar-refractivity contribution in [2.75, 3.05) is 0 Å². The third-order valence-corrected chi connectivity index (χ3v) is 5.40. The zero-order valence-electron chi connectivity index (χ0n) is 12.9. The van der Waals surface area contributed by atoms with E-state index in [-0.39, 0.29) is 0 Å². The number of fused-ring (bicyclic) bond motifs is 1. The molecule has 1 aromatic rings. The molecule has 20 heavy (non-hydrogen) atoms. The van der Waals surface area contributed by atoms with Crippen molar-refractivity contribution in [1.82, 2.24) is 14.8 Å². The summed E-state index contributed by atoms with van der Waals surface area (Å²) in [6.07, 6.45) is 9.77. The summed E-state index contributed by atoms with van der Waals surface area (Å²) in [5.74, 6) is 4.67. The Labute approximate surface area is 122 Å². The van der Waals surface area contributed by atoms with Crippen LogP contribution in [0, 0.1) is 11.8 Å². The molecule has 0 amide bonds. The van der Waals surface area contributed by atoms with Crippen molar-refractivity contribution in [3.05, 3.63) is 11.6 Å². The maximum Gasteiger partial charge on any atom is 0.147 e. The average Bonchev–Trinajstić information content (AvgIpc) is 2.91. The van der Waals surface area contributed by atoms with Gasteiger partial charge in [0.15, 0.2) is 0 Å². The molecule has 3 rings (SSSR count). The van der Waals surface area contributed by atoms with Crippen molar-refractivity contribution in [3.63, 3.8) is 0 Å². The molecule has 2 aliphatic carbocycles. The van der Waals surface area contributed by atoms with Crippen molar-refractivity contribution < 1.29 is 0 Å². The molecule has 0 radical (unpaired) electrons. The summed E-state index contributed by atoms with van der Waals surface area (Å²) in [4.78, 5) is 0. The molecule has 2 saturated carbocycles. The van der Waals surface area contributed by atoms with Crippen LogP contribution < -0.4 is 5.73 Å². The smallest absolute Gasteiger partial charge is 0.147 e. The second-order valence-corrected chi connectivity index (χ2v) is 6.96. The molecule has 0 aromatic carbocycles. The third kappa shape index (κ3) is 2.50. The van der Waals surface area contributed by atoms with Crippen LogP contribution in [-0.4, -0.2) is 14.8 Å². The van der Waals surface area contributed by atoms with Gasteiger partial charge in [-0.05, 0) is 44.9 Å². The lowest BCUT2D eigenvalue weighted by Gasteiger charge is -2.39. The van der Waals surface area contributed by atoms with E-state index in [1.807, 2.05) is 0 Å². The molecule has 1 heterocycles. The van der Waals surface area contributed by atoms with Crippen LogP contribution in [0.1, 0.15) is 82.4 Å². The number of rotatable bonds is 3. The fourth-order valence-corrected chi connectivity index (χ4v) is 4.43. The molecule has 3 atom stereocenters. The van der Waals surface area contributed by atoms with E-state index in [1.165, 1.54) is 50.8 Å². The minimum Gasteiger partial charge on any atom is -0.324 e. The Morgan fingerprint density at radius 2 is 1.85 bits per heavy atom. The zero-order chi connectivity index (χ0) is 14.1. The van der Waals surface area contributed by atoms with Gasteiger partial charge in [-0.25, -0.2) is 0 Å². The van der Waals surface area contributed by atoms with Gasteiger partial charge in [0.05, 0.1) is 6.54 Å². The second-order valence-electron chi connectivity index (χ2n) is 6.96. The van der Waals surface area contributed by atoms with Gasteiger partial charge >= 0.3 is 0 Å². The van der Waals surface area contributed by atoms with Crippen LogP contribution in [0.2, 0.25) is 0 Å². The predicted octanol–water partition coefficient (Wildman–Crippen LogP) is 3.39. The van der Waals surface area contributed by atoms with E-state index in [2.05, 4.69) is 28.6 Å². The molecular weight excluding hydrogens is 248 g/mol. The lowest BCUT2D eigenvalue weighted by atomic mass is 9.67. The molecule has 2 fully saturated rings. The molecule has 0 saturated heterocycles. The Morgan fingerprint density at radius 1 is 1.10 bits per heavy atom. The van der Waals surface area contributed by atoms with Crippen LogP contribution in [0.4, 0.5) is 0 Å².